The molecule has 0 aromatic rings. The first-order valence-electron chi connectivity index (χ1n) is 6.55. The molecule has 0 heterocycles. The Morgan fingerprint density at radius 2 is 1.71 bits per heavy atom. The number of allylic oxidation sites excluding steroid dienone is 1. The lowest BCUT2D eigenvalue weighted by Crippen LogP contribution is -2.03. The molecule has 3 heteroatoms. The first kappa shape index (κ1) is 21.6. The maximum atomic E-state index is 5.19. The molecule has 0 bridgehead atoms. The molecule has 0 aliphatic carbocycles. The first-order chi connectivity index (χ1) is 8.31. The van der Waals surface area contributed by atoms with Crippen LogP contribution in [0.4, 0.5) is 0 Å². The van der Waals surface area contributed by atoms with Crippen molar-refractivity contribution in [2.24, 2.45) is 4.99 Å². The van der Waals surface area contributed by atoms with E-state index in [4.69, 9.17) is 9.47 Å². The van der Waals surface area contributed by atoms with Gasteiger partial charge in [-0.3, -0.25) is 4.99 Å². The van der Waals surface area contributed by atoms with E-state index in [2.05, 4.69) is 18.8 Å². The van der Waals surface area contributed by atoms with Gasteiger partial charge in [-0.1, -0.05) is 40.2 Å². The monoisotopic (exact) mass is 245 g/mol. The van der Waals surface area contributed by atoms with Gasteiger partial charge in [-0.2, -0.15) is 0 Å². The second kappa shape index (κ2) is 24.5. The Hall–Kier alpha value is -0.670. The molecule has 0 unspecified atom stereocenters. The number of hydrogen-bond acceptors (Lipinski definition) is 3. The normalized spacial score (nSPS) is 10.4. The fourth-order valence-electron chi connectivity index (χ4n) is 0.593. The highest BCUT2D eigenvalue weighted by molar-refractivity contribution is 5.59. The largest absolute Gasteiger partial charge is 0.382 e. The topological polar surface area (TPSA) is 30.8 Å². The molecular formula is C14H31NO2. The highest BCUT2D eigenvalue weighted by Crippen LogP contribution is 1.96. The van der Waals surface area contributed by atoms with E-state index in [1.807, 2.05) is 33.9 Å². The molecule has 0 aromatic carbocycles. The van der Waals surface area contributed by atoms with Crippen molar-refractivity contribution < 1.29 is 9.47 Å². The molecule has 0 saturated carbocycles. The van der Waals surface area contributed by atoms with Gasteiger partial charge >= 0.3 is 0 Å². The van der Waals surface area contributed by atoms with Crippen molar-refractivity contribution in [1.29, 1.82) is 0 Å². The van der Waals surface area contributed by atoms with E-state index in [1.54, 1.807) is 13.3 Å². The number of nitrogens with zero attached hydrogens (tertiary/aromatic N) is 1. The Morgan fingerprint density at radius 1 is 1.12 bits per heavy atom. The molecule has 104 valence electrons. The lowest BCUT2D eigenvalue weighted by atomic mass is 10.3. The average Bonchev–Trinajstić information content (AvgIpc) is 2.42. The Labute approximate surface area is 108 Å². The zero-order valence-corrected chi connectivity index (χ0v) is 12.7. The van der Waals surface area contributed by atoms with Crippen LogP contribution >= 0.6 is 0 Å². The minimum atomic E-state index is 0.552. The number of rotatable bonds is 7. The third-order valence-corrected chi connectivity index (χ3v) is 1.58. The van der Waals surface area contributed by atoms with E-state index in [-0.39, 0.29) is 0 Å². The molecule has 0 spiro atoms. The van der Waals surface area contributed by atoms with E-state index in [0.717, 1.165) is 6.42 Å². The van der Waals surface area contributed by atoms with Crippen LogP contribution in [0.5, 0.6) is 0 Å². The summed E-state index contributed by atoms with van der Waals surface area (Å²) >= 11 is 0. The zero-order chi connectivity index (χ0) is 13.9. The summed E-state index contributed by atoms with van der Waals surface area (Å²) in [6.07, 6.45) is 4.66. The van der Waals surface area contributed by atoms with Crippen LogP contribution in [0.3, 0.4) is 0 Å². The second-order valence-electron chi connectivity index (χ2n) is 2.73. The van der Waals surface area contributed by atoms with Gasteiger partial charge in [-0.25, -0.2) is 0 Å². The molecule has 3 nitrogen and oxygen atoms in total. The van der Waals surface area contributed by atoms with Gasteiger partial charge in [0.05, 0.1) is 19.8 Å². The average molecular weight is 245 g/mol. The van der Waals surface area contributed by atoms with Crippen molar-refractivity contribution in [3.8, 4) is 0 Å². The summed E-state index contributed by atoms with van der Waals surface area (Å²) in [5.41, 5.74) is 1.27. The number of hydrogen-bond donors (Lipinski definition) is 0. The van der Waals surface area contributed by atoms with E-state index in [9.17, 15) is 0 Å². The lowest BCUT2D eigenvalue weighted by molar-refractivity contribution is 0.0912. The number of aliphatic imine (C=N–C) groups is 1. The minimum Gasteiger partial charge on any atom is -0.382 e. The predicted octanol–water partition coefficient (Wildman–Crippen LogP) is 4.09. The second-order valence-corrected chi connectivity index (χ2v) is 2.73. The quantitative estimate of drug-likeness (QED) is 0.499. The summed E-state index contributed by atoms with van der Waals surface area (Å²) in [6, 6.07) is 0. The summed E-state index contributed by atoms with van der Waals surface area (Å²) in [4.78, 5) is 4.09. The van der Waals surface area contributed by atoms with Gasteiger partial charge in [-0.05, 0) is 13.3 Å². The molecule has 0 aromatic heterocycles. The summed E-state index contributed by atoms with van der Waals surface area (Å²) in [5, 5.41) is 0. The maximum absolute atomic E-state index is 5.19. The van der Waals surface area contributed by atoms with Gasteiger partial charge in [0, 0.05) is 19.5 Å². The van der Waals surface area contributed by atoms with Crippen molar-refractivity contribution in [2.75, 3.05) is 26.9 Å². The molecule has 0 atom stereocenters. The maximum Gasteiger partial charge on any atom is 0.0819 e. The predicted molar refractivity (Wildman–Crippen MR) is 77.9 cm³/mol. The molecule has 17 heavy (non-hydrogen) atoms. The molecule has 0 N–H and O–H groups in total. The standard InChI is InChI=1S/C10H19NO2.2C2H6/c1-4-10(2)9-11-5-6-13-8-7-12-3;2*1-2/h5,9H,4,6-8H2,1-3H3;2*1-2H3/b10-9+,11-5?;;. The van der Waals surface area contributed by atoms with Crippen LogP contribution in [0.2, 0.25) is 0 Å². The molecule has 0 aliphatic rings. The van der Waals surface area contributed by atoms with Gasteiger partial charge in [-0.15, -0.1) is 0 Å². The molecule has 0 rings (SSSR count). The van der Waals surface area contributed by atoms with Gasteiger partial charge in [0.15, 0.2) is 0 Å². The lowest BCUT2D eigenvalue weighted by Gasteiger charge is -1.97. The highest BCUT2D eigenvalue weighted by atomic mass is 16.5. The molecular weight excluding hydrogens is 214 g/mol. The van der Waals surface area contributed by atoms with Crippen LogP contribution in [0, 0.1) is 0 Å². The van der Waals surface area contributed by atoms with Crippen LogP contribution in [0.25, 0.3) is 0 Å². The number of methoxy groups -OCH3 is 1. The minimum absolute atomic E-state index is 0.552. The summed E-state index contributed by atoms with van der Waals surface area (Å²) in [6.45, 7) is 14.0. The van der Waals surface area contributed by atoms with E-state index in [0.29, 0.717) is 19.8 Å². The first-order valence-corrected chi connectivity index (χ1v) is 6.55. The Kier molecular flexibility index (Phi) is 31.2. The van der Waals surface area contributed by atoms with Crippen molar-refractivity contribution >= 4 is 6.21 Å². The molecule has 0 aliphatic heterocycles. The van der Waals surface area contributed by atoms with E-state index in [1.165, 1.54) is 5.57 Å². The molecule has 0 fully saturated rings. The van der Waals surface area contributed by atoms with E-state index >= 15 is 0 Å². The highest BCUT2D eigenvalue weighted by Gasteiger charge is 1.83. The van der Waals surface area contributed by atoms with Crippen LogP contribution < -0.4 is 0 Å². The zero-order valence-electron chi connectivity index (χ0n) is 12.7. The van der Waals surface area contributed by atoms with Gasteiger partial charge in [0.1, 0.15) is 0 Å². The smallest absolute Gasteiger partial charge is 0.0819 e. The van der Waals surface area contributed by atoms with Crippen molar-refractivity contribution in [2.45, 2.75) is 48.0 Å². The number of ether oxygens (including phenoxy) is 2. The Bertz CT molecular complexity index is 166. The van der Waals surface area contributed by atoms with Crippen molar-refractivity contribution in [3.05, 3.63) is 11.8 Å². The Balaban J connectivity index is -0.000000439. The fraction of sp³-hybridized carbons (Fsp3) is 0.786. The third kappa shape index (κ3) is 25.5. The Morgan fingerprint density at radius 3 is 2.18 bits per heavy atom. The molecule has 0 saturated heterocycles. The fourth-order valence-corrected chi connectivity index (χ4v) is 0.593. The van der Waals surface area contributed by atoms with Gasteiger partial charge in [0.2, 0.25) is 0 Å². The SMILES string of the molecule is CC.CC.CC/C(C)=C/N=CCOCCOC. The van der Waals surface area contributed by atoms with Crippen LogP contribution in [-0.2, 0) is 9.47 Å². The summed E-state index contributed by atoms with van der Waals surface area (Å²) in [7, 11) is 1.66. The third-order valence-electron chi connectivity index (χ3n) is 1.58. The van der Waals surface area contributed by atoms with Crippen LogP contribution in [0.15, 0.2) is 16.8 Å². The summed E-state index contributed by atoms with van der Waals surface area (Å²) in [5.74, 6) is 0. The van der Waals surface area contributed by atoms with E-state index < -0.39 is 0 Å². The molecule has 0 radical (unpaired) electrons. The van der Waals surface area contributed by atoms with Gasteiger partial charge < -0.3 is 9.47 Å². The summed E-state index contributed by atoms with van der Waals surface area (Å²) < 4.78 is 10.0. The van der Waals surface area contributed by atoms with Crippen LogP contribution in [-0.4, -0.2) is 33.1 Å². The van der Waals surface area contributed by atoms with Crippen molar-refractivity contribution in [3.63, 3.8) is 0 Å². The molecule has 0 amide bonds. The van der Waals surface area contributed by atoms with Gasteiger partial charge in [0.25, 0.3) is 0 Å². The van der Waals surface area contributed by atoms with Crippen LogP contribution in [0.1, 0.15) is 48.0 Å². The van der Waals surface area contributed by atoms with Crippen molar-refractivity contribution in [1.82, 2.24) is 0 Å².